The first-order valence-electron chi connectivity index (χ1n) is 5.54. The van der Waals surface area contributed by atoms with Crippen LogP contribution in [0, 0.1) is 5.82 Å². The molecule has 0 amide bonds. The van der Waals surface area contributed by atoms with Crippen LogP contribution in [-0.4, -0.2) is 17.7 Å². The van der Waals surface area contributed by atoms with Crippen molar-refractivity contribution in [3.05, 3.63) is 48.1 Å². The van der Waals surface area contributed by atoms with Gasteiger partial charge in [-0.05, 0) is 37.1 Å². The molecular weight excluding hydrogens is 215 g/mol. The molecule has 90 valence electrons. The molecule has 1 aromatic heterocycles. The maximum absolute atomic E-state index is 13.6. The number of allylic oxidation sites excluding steroid dienone is 3. The molecule has 0 saturated heterocycles. The van der Waals surface area contributed by atoms with Gasteiger partial charge in [-0.25, -0.2) is 4.39 Å². The predicted octanol–water partition coefficient (Wildman–Crippen LogP) is 3.44. The first kappa shape index (κ1) is 13.3. The Morgan fingerprint density at radius 1 is 1.59 bits per heavy atom. The van der Waals surface area contributed by atoms with E-state index in [0.29, 0.717) is 5.56 Å². The van der Waals surface area contributed by atoms with Gasteiger partial charge in [-0.15, -0.1) is 0 Å². The third-order valence-electron chi connectivity index (χ3n) is 2.53. The van der Waals surface area contributed by atoms with Crippen molar-refractivity contribution < 1.29 is 4.39 Å². The molecule has 0 aliphatic rings. The van der Waals surface area contributed by atoms with E-state index < -0.39 is 0 Å². The molecule has 3 heteroatoms. The van der Waals surface area contributed by atoms with Crippen LogP contribution in [0.1, 0.15) is 25.1 Å². The van der Waals surface area contributed by atoms with Gasteiger partial charge in [0, 0.05) is 18.3 Å². The second-order valence-corrected chi connectivity index (χ2v) is 3.69. The van der Waals surface area contributed by atoms with Crippen molar-refractivity contribution >= 4 is 11.3 Å². The van der Waals surface area contributed by atoms with Crippen LogP contribution in [0.2, 0.25) is 0 Å². The van der Waals surface area contributed by atoms with Crippen molar-refractivity contribution in [1.29, 1.82) is 0 Å². The van der Waals surface area contributed by atoms with Gasteiger partial charge < -0.3 is 0 Å². The third-order valence-corrected chi connectivity index (χ3v) is 2.53. The number of nitrogens with zero attached hydrogens (tertiary/aromatic N) is 2. The zero-order chi connectivity index (χ0) is 12.8. The molecule has 1 rings (SSSR count). The van der Waals surface area contributed by atoms with Gasteiger partial charge in [-0.2, -0.15) is 0 Å². The molecule has 0 bridgehead atoms. The summed E-state index contributed by atoms with van der Waals surface area (Å²) in [6.45, 7) is 7.50. The Hall–Kier alpha value is -1.77. The summed E-state index contributed by atoms with van der Waals surface area (Å²) >= 11 is 0. The molecule has 0 atom stereocenters. The Kier molecular flexibility index (Phi) is 4.76. The molecule has 1 heterocycles. The molecule has 0 spiro atoms. The minimum absolute atomic E-state index is 0.310. The lowest BCUT2D eigenvalue weighted by Gasteiger charge is -2.05. The van der Waals surface area contributed by atoms with E-state index >= 15 is 0 Å². The SMILES string of the molecule is C=CC(/C=C(\C)c1cc(CC)ncc1F)=NC. The minimum Gasteiger partial charge on any atom is -0.289 e. The maximum atomic E-state index is 13.6. The van der Waals surface area contributed by atoms with Gasteiger partial charge in [-0.3, -0.25) is 9.98 Å². The van der Waals surface area contributed by atoms with Gasteiger partial charge in [0.2, 0.25) is 0 Å². The van der Waals surface area contributed by atoms with E-state index in [1.165, 1.54) is 6.20 Å². The van der Waals surface area contributed by atoms with Crippen molar-refractivity contribution in [2.75, 3.05) is 7.05 Å². The fourth-order valence-electron chi connectivity index (χ4n) is 1.49. The highest BCUT2D eigenvalue weighted by molar-refractivity contribution is 6.07. The summed E-state index contributed by atoms with van der Waals surface area (Å²) in [5, 5.41) is 0. The number of rotatable bonds is 4. The normalized spacial score (nSPS) is 12.7. The van der Waals surface area contributed by atoms with Crippen LogP contribution in [0.25, 0.3) is 5.57 Å². The molecule has 0 radical (unpaired) electrons. The molecule has 0 aromatic carbocycles. The third kappa shape index (κ3) is 3.34. The van der Waals surface area contributed by atoms with E-state index in [4.69, 9.17) is 0 Å². The molecular formula is C14H17FN2. The summed E-state index contributed by atoms with van der Waals surface area (Å²) in [6, 6.07) is 1.78. The summed E-state index contributed by atoms with van der Waals surface area (Å²) in [6.07, 6.45) is 5.51. The zero-order valence-electron chi connectivity index (χ0n) is 10.5. The summed E-state index contributed by atoms with van der Waals surface area (Å²) in [4.78, 5) is 8.04. The highest BCUT2D eigenvalue weighted by atomic mass is 19.1. The standard InChI is InChI=1S/C14H17FN2/c1-5-11(16-4)7-10(3)13-8-12(6-2)17-9-14(13)15/h5,7-9H,1,6H2,2-4H3/b10-7+,16-11?. The molecule has 17 heavy (non-hydrogen) atoms. The molecule has 0 aliphatic carbocycles. The Morgan fingerprint density at radius 2 is 2.29 bits per heavy atom. The molecule has 0 N–H and O–H groups in total. The van der Waals surface area contributed by atoms with E-state index in [0.717, 1.165) is 23.4 Å². The molecule has 0 saturated carbocycles. The summed E-state index contributed by atoms with van der Waals surface area (Å²) in [5.41, 5.74) is 3.00. The fourth-order valence-corrected chi connectivity index (χ4v) is 1.49. The van der Waals surface area contributed by atoms with E-state index in [1.807, 2.05) is 19.9 Å². The van der Waals surface area contributed by atoms with Crippen LogP contribution in [0.5, 0.6) is 0 Å². The molecule has 2 nitrogen and oxygen atoms in total. The van der Waals surface area contributed by atoms with Crippen molar-refractivity contribution in [3.63, 3.8) is 0 Å². The monoisotopic (exact) mass is 232 g/mol. The van der Waals surface area contributed by atoms with Gasteiger partial charge in [0.25, 0.3) is 0 Å². The van der Waals surface area contributed by atoms with E-state index in [2.05, 4.69) is 16.6 Å². The van der Waals surface area contributed by atoms with Gasteiger partial charge >= 0.3 is 0 Å². The van der Waals surface area contributed by atoms with Crippen LogP contribution in [0.4, 0.5) is 4.39 Å². The molecule has 0 fully saturated rings. The van der Waals surface area contributed by atoms with Crippen LogP contribution >= 0.6 is 0 Å². The number of aromatic nitrogens is 1. The van der Waals surface area contributed by atoms with Gasteiger partial charge in [0.1, 0.15) is 5.82 Å². The number of pyridine rings is 1. The second-order valence-electron chi connectivity index (χ2n) is 3.69. The Bertz CT molecular complexity index is 473. The first-order valence-corrected chi connectivity index (χ1v) is 5.54. The lowest BCUT2D eigenvalue weighted by atomic mass is 10.0. The first-order chi connectivity index (χ1) is 8.12. The van der Waals surface area contributed by atoms with Crippen LogP contribution in [-0.2, 0) is 6.42 Å². The fraction of sp³-hybridized carbons (Fsp3) is 0.286. The number of hydrogen-bond donors (Lipinski definition) is 0. The van der Waals surface area contributed by atoms with Gasteiger partial charge in [0.15, 0.2) is 0 Å². The highest BCUT2D eigenvalue weighted by Gasteiger charge is 2.06. The van der Waals surface area contributed by atoms with Crippen molar-refractivity contribution in [2.24, 2.45) is 4.99 Å². The summed E-state index contributed by atoms with van der Waals surface area (Å²) < 4.78 is 13.6. The summed E-state index contributed by atoms with van der Waals surface area (Å²) in [5.74, 6) is -0.310. The predicted molar refractivity (Wildman–Crippen MR) is 70.8 cm³/mol. The molecule has 1 aromatic rings. The number of aryl methyl sites for hydroxylation is 1. The van der Waals surface area contributed by atoms with E-state index in [-0.39, 0.29) is 5.82 Å². The quantitative estimate of drug-likeness (QED) is 0.730. The average molecular weight is 232 g/mol. The lowest BCUT2D eigenvalue weighted by molar-refractivity contribution is 0.615. The highest BCUT2D eigenvalue weighted by Crippen LogP contribution is 2.18. The lowest BCUT2D eigenvalue weighted by Crippen LogP contribution is -1.96. The van der Waals surface area contributed by atoms with Crippen molar-refractivity contribution in [1.82, 2.24) is 4.98 Å². The van der Waals surface area contributed by atoms with Gasteiger partial charge in [0.05, 0.1) is 11.9 Å². The maximum Gasteiger partial charge on any atom is 0.148 e. The topological polar surface area (TPSA) is 25.2 Å². The molecule has 0 aliphatic heterocycles. The van der Waals surface area contributed by atoms with Crippen LogP contribution < -0.4 is 0 Å². The van der Waals surface area contributed by atoms with Crippen LogP contribution in [0.3, 0.4) is 0 Å². The van der Waals surface area contributed by atoms with Gasteiger partial charge in [-0.1, -0.05) is 13.5 Å². The van der Waals surface area contributed by atoms with Crippen molar-refractivity contribution in [2.45, 2.75) is 20.3 Å². The Morgan fingerprint density at radius 3 is 2.82 bits per heavy atom. The van der Waals surface area contributed by atoms with E-state index in [1.54, 1.807) is 19.2 Å². The zero-order valence-corrected chi connectivity index (χ0v) is 10.5. The number of hydrogen-bond acceptors (Lipinski definition) is 2. The average Bonchev–Trinajstić information content (AvgIpc) is 2.36. The molecule has 0 unspecified atom stereocenters. The summed E-state index contributed by atoms with van der Waals surface area (Å²) in [7, 11) is 1.68. The number of aliphatic imine (C=N–C) groups is 1. The Balaban J connectivity index is 3.19. The minimum atomic E-state index is -0.310. The smallest absolute Gasteiger partial charge is 0.148 e. The second kappa shape index (κ2) is 6.09. The van der Waals surface area contributed by atoms with Crippen LogP contribution in [0.15, 0.2) is 36.0 Å². The van der Waals surface area contributed by atoms with E-state index in [9.17, 15) is 4.39 Å². The van der Waals surface area contributed by atoms with Crippen molar-refractivity contribution in [3.8, 4) is 0 Å². The number of halogens is 1. The largest absolute Gasteiger partial charge is 0.289 e. The Labute approximate surface area is 102 Å².